The van der Waals surface area contributed by atoms with Crippen LogP contribution in [0, 0.1) is 20.8 Å². The predicted octanol–water partition coefficient (Wildman–Crippen LogP) is 3.12. The number of rotatable bonds is 6. The number of nitrogens with zero attached hydrogens (tertiary/aromatic N) is 1. The maximum absolute atomic E-state index is 13.1. The van der Waals surface area contributed by atoms with Gasteiger partial charge in [0.15, 0.2) is 0 Å². The number of morpholine rings is 1. The molecule has 2 aromatic rings. The fraction of sp³-hybridized carbons (Fsp3) is 0.429. The van der Waals surface area contributed by atoms with Gasteiger partial charge in [-0.3, -0.25) is 4.79 Å². The molecule has 168 valence electrons. The normalized spacial score (nSPS) is 15.0. The Labute approximate surface area is 186 Å². The molecule has 1 fully saturated rings. The van der Waals surface area contributed by atoms with Crippen LogP contribution in [0.1, 0.15) is 43.6 Å². The number of benzene rings is 1. The lowest BCUT2D eigenvalue weighted by Crippen LogP contribution is -2.40. The van der Waals surface area contributed by atoms with E-state index in [2.05, 4.69) is 5.32 Å². The highest BCUT2D eigenvalue weighted by atomic mass is 32.2. The van der Waals surface area contributed by atoms with Crippen LogP contribution in [0.2, 0.25) is 0 Å². The minimum Gasteiger partial charge on any atom is -0.462 e. The van der Waals surface area contributed by atoms with Gasteiger partial charge in [-0.05, 0) is 51.0 Å². The molecule has 1 saturated heterocycles. The van der Waals surface area contributed by atoms with E-state index >= 15 is 0 Å². The smallest absolute Gasteiger partial charge is 0.341 e. The van der Waals surface area contributed by atoms with Crippen LogP contribution < -0.4 is 5.32 Å². The number of anilines is 1. The molecule has 0 bridgehead atoms. The van der Waals surface area contributed by atoms with Gasteiger partial charge < -0.3 is 14.8 Å². The number of amides is 1. The molecule has 0 saturated carbocycles. The maximum atomic E-state index is 13.1. The molecule has 0 atom stereocenters. The van der Waals surface area contributed by atoms with Gasteiger partial charge in [-0.2, -0.15) is 4.31 Å². The summed E-state index contributed by atoms with van der Waals surface area (Å²) in [6.45, 7) is 8.56. The Balaban J connectivity index is 1.92. The van der Waals surface area contributed by atoms with Gasteiger partial charge in [0, 0.05) is 23.5 Å². The van der Waals surface area contributed by atoms with Gasteiger partial charge in [-0.25, -0.2) is 13.2 Å². The zero-order valence-electron chi connectivity index (χ0n) is 18.0. The van der Waals surface area contributed by atoms with E-state index in [1.807, 2.05) is 6.92 Å². The molecule has 1 aromatic carbocycles. The van der Waals surface area contributed by atoms with E-state index in [0.717, 1.165) is 10.4 Å². The lowest BCUT2D eigenvalue weighted by molar-refractivity contribution is 0.0527. The van der Waals surface area contributed by atoms with Crippen molar-refractivity contribution in [3.8, 4) is 0 Å². The van der Waals surface area contributed by atoms with Crippen molar-refractivity contribution in [2.45, 2.75) is 32.6 Å². The molecule has 0 unspecified atom stereocenters. The zero-order chi connectivity index (χ0) is 22.8. The third-order valence-electron chi connectivity index (χ3n) is 5.15. The minimum absolute atomic E-state index is 0.0503. The number of hydrogen-bond donors (Lipinski definition) is 1. The van der Waals surface area contributed by atoms with Crippen LogP contribution in [0.4, 0.5) is 5.00 Å². The number of sulfonamides is 1. The quantitative estimate of drug-likeness (QED) is 0.657. The molecule has 1 amide bonds. The Kier molecular flexibility index (Phi) is 7.15. The van der Waals surface area contributed by atoms with Gasteiger partial charge in [0.05, 0.1) is 30.3 Å². The number of thiophene rings is 1. The zero-order valence-corrected chi connectivity index (χ0v) is 19.6. The van der Waals surface area contributed by atoms with Gasteiger partial charge in [-0.15, -0.1) is 11.3 Å². The molecule has 0 radical (unpaired) electrons. The molecule has 0 aliphatic carbocycles. The molecule has 10 heteroatoms. The van der Waals surface area contributed by atoms with Crippen molar-refractivity contribution in [2.24, 2.45) is 0 Å². The van der Waals surface area contributed by atoms with E-state index in [-0.39, 0.29) is 30.2 Å². The number of nitrogens with one attached hydrogen (secondary N) is 1. The minimum atomic E-state index is -3.74. The number of ether oxygens (including phenoxy) is 2. The molecule has 1 aromatic heterocycles. The first-order chi connectivity index (χ1) is 14.7. The first kappa shape index (κ1) is 23.4. The molecule has 1 aliphatic heterocycles. The van der Waals surface area contributed by atoms with Gasteiger partial charge in [-0.1, -0.05) is 6.07 Å². The van der Waals surface area contributed by atoms with Crippen LogP contribution in [0.25, 0.3) is 0 Å². The molecule has 31 heavy (non-hydrogen) atoms. The summed E-state index contributed by atoms with van der Waals surface area (Å²) in [5, 5.41) is 3.17. The largest absolute Gasteiger partial charge is 0.462 e. The number of aryl methyl sites for hydroxylation is 2. The summed E-state index contributed by atoms with van der Waals surface area (Å²) in [6.07, 6.45) is 0. The molecule has 0 spiro atoms. The number of carbonyl (C=O) groups excluding carboxylic acids is 2. The summed E-state index contributed by atoms with van der Waals surface area (Å²) >= 11 is 1.28. The Morgan fingerprint density at radius 2 is 1.87 bits per heavy atom. The highest BCUT2D eigenvalue weighted by Gasteiger charge is 2.28. The summed E-state index contributed by atoms with van der Waals surface area (Å²) in [5.41, 5.74) is 1.93. The highest BCUT2D eigenvalue weighted by molar-refractivity contribution is 7.89. The Hall–Kier alpha value is -2.27. The Bertz CT molecular complexity index is 1100. The van der Waals surface area contributed by atoms with Crippen molar-refractivity contribution < 1.29 is 27.5 Å². The molecular weight excluding hydrogens is 440 g/mol. The molecule has 1 N–H and O–H groups in total. The van der Waals surface area contributed by atoms with Crippen molar-refractivity contribution in [3.63, 3.8) is 0 Å². The number of hydrogen-bond acceptors (Lipinski definition) is 7. The van der Waals surface area contributed by atoms with E-state index in [1.54, 1.807) is 26.8 Å². The topological polar surface area (TPSA) is 102 Å². The first-order valence-corrected chi connectivity index (χ1v) is 12.2. The second kappa shape index (κ2) is 9.47. The molecule has 2 heterocycles. The third kappa shape index (κ3) is 4.82. The van der Waals surface area contributed by atoms with E-state index in [4.69, 9.17) is 9.47 Å². The summed E-state index contributed by atoms with van der Waals surface area (Å²) in [7, 11) is -3.74. The number of esters is 1. The fourth-order valence-electron chi connectivity index (χ4n) is 3.28. The van der Waals surface area contributed by atoms with Crippen LogP contribution in [-0.4, -0.2) is 57.5 Å². The lowest BCUT2D eigenvalue weighted by Gasteiger charge is -2.26. The van der Waals surface area contributed by atoms with Gasteiger partial charge >= 0.3 is 5.97 Å². The van der Waals surface area contributed by atoms with Crippen LogP contribution in [0.15, 0.2) is 23.1 Å². The highest BCUT2D eigenvalue weighted by Crippen LogP contribution is 2.33. The van der Waals surface area contributed by atoms with Crippen molar-refractivity contribution in [1.82, 2.24) is 4.31 Å². The van der Waals surface area contributed by atoms with E-state index in [9.17, 15) is 18.0 Å². The van der Waals surface area contributed by atoms with Crippen LogP contribution in [0.5, 0.6) is 0 Å². The van der Waals surface area contributed by atoms with Crippen molar-refractivity contribution in [1.29, 1.82) is 0 Å². The van der Waals surface area contributed by atoms with Crippen molar-refractivity contribution >= 4 is 38.2 Å². The second-order valence-electron chi connectivity index (χ2n) is 7.16. The third-order valence-corrected chi connectivity index (χ3v) is 8.17. The van der Waals surface area contributed by atoms with Crippen molar-refractivity contribution in [2.75, 3.05) is 38.2 Å². The fourth-order valence-corrected chi connectivity index (χ4v) is 5.76. The van der Waals surface area contributed by atoms with Crippen molar-refractivity contribution in [3.05, 3.63) is 45.3 Å². The van der Waals surface area contributed by atoms with Crippen LogP contribution in [0.3, 0.4) is 0 Å². The second-order valence-corrected chi connectivity index (χ2v) is 10.3. The Morgan fingerprint density at radius 3 is 2.52 bits per heavy atom. The molecular formula is C21H26N2O6S2. The summed E-state index contributed by atoms with van der Waals surface area (Å²) in [6, 6.07) is 4.49. The standard InChI is InChI=1S/C21H26N2O6S2/c1-5-29-21(25)18-14(3)15(4)30-20(18)22-19(24)17-12-16(7-6-13(17)2)31(26,27)23-8-10-28-11-9-23/h6-7,12H,5,8-11H2,1-4H3,(H,22,24). The monoisotopic (exact) mass is 466 g/mol. The summed E-state index contributed by atoms with van der Waals surface area (Å²) in [5.74, 6) is -0.983. The van der Waals surface area contributed by atoms with Crippen LogP contribution in [-0.2, 0) is 19.5 Å². The lowest BCUT2D eigenvalue weighted by atomic mass is 10.1. The summed E-state index contributed by atoms with van der Waals surface area (Å²) < 4.78 is 37.7. The van der Waals surface area contributed by atoms with E-state index < -0.39 is 21.9 Å². The molecule has 8 nitrogen and oxygen atoms in total. The first-order valence-electron chi connectivity index (χ1n) is 9.93. The predicted molar refractivity (Wildman–Crippen MR) is 118 cm³/mol. The average Bonchev–Trinajstić information content (AvgIpc) is 3.02. The summed E-state index contributed by atoms with van der Waals surface area (Å²) in [4.78, 5) is 26.4. The average molecular weight is 467 g/mol. The molecule has 3 rings (SSSR count). The van der Waals surface area contributed by atoms with Gasteiger partial charge in [0.25, 0.3) is 5.91 Å². The molecule has 1 aliphatic rings. The van der Waals surface area contributed by atoms with E-state index in [0.29, 0.717) is 29.3 Å². The van der Waals surface area contributed by atoms with E-state index in [1.165, 1.54) is 27.8 Å². The SMILES string of the molecule is CCOC(=O)c1c(NC(=O)c2cc(S(=O)(=O)N3CCOCC3)ccc2C)sc(C)c1C. The van der Waals surface area contributed by atoms with Crippen LogP contribution >= 0.6 is 11.3 Å². The number of carbonyl (C=O) groups is 2. The van der Waals surface area contributed by atoms with Gasteiger partial charge in [0.2, 0.25) is 10.0 Å². The van der Waals surface area contributed by atoms with Gasteiger partial charge in [0.1, 0.15) is 5.00 Å². The maximum Gasteiger partial charge on any atom is 0.341 e. The Morgan fingerprint density at radius 1 is 1.19 bits per heavy atom.